The summed E-state index contributed by atoms with van der Waals surface area (Å²) in [4.78, 5) is 5.02. The van der Waals surface area contributed by atoms with E-state index in [4.69, 9.17) is 5.73 Å². The Balaban J connectivity index is 1.69. The number of nitrogens with two attached hydrogens (primary N) is 1. The van der Waals surface area contributed by atoms with Crippen LogP contribution < -0.4 is 10.6 Å². The van der Waals surface area contributed by atoms with Crippen LogP contribution in [0.3, 0.4) is 0 Å². The van der Waals surface area contributed by atoms with E-state index < -0.39 is 0 Å². The Bertz CT molecular complexity index is 384. The molecule has 2 rings (SSSR count). The molecule has 1 fully saturated rings. The molecule has 0 bridgehead atoms. The van der Waals surface area contributed by atoms with E-state index in [0.717, 1.165) is 18.8 Å². The highest BCUT2D eigenvalue weighted by Gasteiger charge is 2.17. The number of nitrogen functional groups attached to an aromatic ring is 1. The minimum atomic E-state index is 0.903. The summed E-state index contributed by atoms with van der Waals surface area (Å²) in [5.74, 6) is 0. The van der Waals surface area contributed by atoms with Gasteiger partial charge < -0.3 is 10.6 Å². The molecule has 3 nitrogen and oxygen atoms in total. The molecular formula is C17H29N3. The van der Waals surface area contributed by atoms with Crippen molar-refractivity contribution in [2.45, 2.75) is 39.0 Å². The van der Waals surface area contributed by atoms with Crippen LogP contribution in [0.5, 0.6) is 0 Å². The Morgan fingerprint density at radius 1 is 0.950 bits per heavy atom. The van der Waals surface area contributed by atoms with Gasteiger partial charge in [-0.3, -0.25) is 4.90 Å². The van der Waals surface area contributed by atoms with Crippen molar-refractivity contribution < 1.29 is 0 Å². The van der Waals surface area contributed by atoms with Gasteiger partial charge in [-0.2, -0.15) is 0 Å². The highest BCUT2D eigenvalue weighted by Crippen LogP contribution is 2.23. The van der Waals surface area contributed by atoms with Gasteiger partial charge in [0.2, 0.25) is 0 Å². The highest BCUT2D eigenvalue weighted by molar-refractivity contribution is 5.67. The lowest BCUT2D eigenvalue weighted by Crippen LogP contribution is -2.46. The smallest absolute Gasteiger partial charge is 0.0600 e. The molecular weight excluding hydrogens is 246 g/mol. The standard InChI is InChI=1S/C17H29N3/c1-2-3-4-5-8-11-19-12-14-20(15-13-19)17-10-7-6-9-16(17)18/h6-7,9-10H,2-5,8,11-15,18H2,1H3. The maximum absolute atomic E-state index is 6.06. The van der Waals surface area contributed by atoms with E-state index >= 15 is 0 Å². The number of para-hydroxylation sites is 2. The van der Waals surface area contributed by atoms with Crippen molar-refractivity contribution in [1.29, 1.82) is 0 Å². The molecule has 1 aromatic rings. The summed E-state index contributed by atoms with van der Waals surface area (Å²) in [5.41, 5.74) is 8.16. The van der Waals surface area contributed by atoms with Crippen LogP contribution in [0.2, 0.25) is 0 Å². The first-order chi connectivity index (χ1) is 9.81. The quantitative estimate of drug-likeness (QED) is 0.612. The van der Waals surface area contributed by atoms with E-state index in [1.807, 2.05) is 12.1 Å². The second kappa shape index (κ2) is 8.15. The van der Waals surface area contributed by atoms with Crippen LogP contribution in [0.4, 0.5) is 11.4 Å². The van der Waals surface area contributed by atoms with E-state index in [1.54, 1.807) is 0 Å². The van der Waals surface area contributed by atoms with Crippen LogP contribution in [0.25, 0.3) is 0 Å². The Kier molecular flexibility index (Phi) is 6.19. The summed E-state index contributed by atoms with van der Waals surface area (Å²) in [7, 11) is 0. The predicted molar refractivity (Wildman–Crippen MR) is 88.3 cm³/mol. The summed E-state index contributed by atoms with van der Waals surface area (Å²) in [6.45, 7) is 8.08. The lowest BCUT2D eigenvalue weighted by Gasteiger charge is -2.36. The van der Waals surface area contributed by atoms with Gasteiger partial charge in [-0.05, 0) is 25.1 Å². The molecule has 0 atom stereocenters. The maximum atomic E-state index is 6.06. The molecule has 0 saturated carbocycles. The first kappa shape index (κ1) is 15.2. The number of piperazine rings is 1. The zero-order valence-electron chi connectivity index (χ0n) is 12.9. The fourth-order valence-corrected chi connectivity index (χ4v) is 2.93. The van der Waals surface area contributed by atoms with Crippen molar-refractivity contribution >= 4 is 11.4 Å². The van der Waals surface area contributed by atoms with E-state index in [0.29, 0.717) is 0 Å². The maximum Gasteiger partial charge on any atom is 0.0600 e. The molecule has 1 heterocycles. The van der Waals surface area contributed by atoms with Gasteiger partial charge in [-0.1, -0.05) is 44.7 Å². The van der Waals surface area contributed by atoms with Crippen LogP contribution in [-0.4, -0.2) is 37.6 Å². The molecule has 2 N–H and O–H groups in total. The summed E-state index contributed by atoms with van der Waals surface area (Å²) >= 11 is 0. The Hall–Kier alpha value is -1.22. The fourth-order valence-electron chi connectivity index (χ4n) is 2.93. The van der Waals surface area contributed by atoms with Crippen molar-refractivity contribution in [1.82, 2.24) is 4.90 Å². The predicted octanol–water partition coefficient (Wildman–Crippen LogP) is 3.36. The van der Waals surface area contributed by atoms with Crippen molar-refractivity contribution in [2.75, 3.05) is 43.4 Å². The summed E-state index contributed by atoms with van der Waals surface area (Å²) in [6, 6.07) is 8.21. The number of anilines is 2. The van der Waals surface area contributed by atoms with Crippen molar-refractivity contribution in [3.63, 3.8) is 0 Å². The molecule has 1 aliphatic heterocycles. The van der Waals surface area contributed by atoms with E-state index in [1.165, 1.54) is 57.4 Å². The monoisotopic (exact) mass is 275 g/mol. The van der Waals surface area contributed by atoms with Crippen LogP contribution in [0.1, 0.15) is 39.0 Å². The van der Waals surface area contributed by atoms with Crippen molar-refractivity contribution in [2.24, 2.45) is 0 Å². The minimum Gasteiger partial charge on any atom is -0.397 e. The normalized spacial score (nSPS) is 16.6. The largest absolute Gasteiger partial charge is 0.397 e. The SMILES string of the molecule is CCCCCCCN1CCN(c2ccccc2N)CC1. The number of hydrogen-bond acceptors (Lipinski definition) is 3. The average molecular weight is 275 g/mol. The Morgan fingerprint density at radius 2 is 1.65 bits per heavy atom. The van der Waals surface area contributed by atoms with Crippen molar-refractivity contribution in [3.05, 3.63) is 24.3 Å². The molecule has 0 amide bonds. The lowest BCUT2D eigenvalue weighted by atomic mass is 10.1. The first-order valence-electron chi connectivity index (χ1n) is 8.13. The Labute approximate surface area is 123 Å². The number of benzene rings is 1. The van der Waals surface area contributed by atoms with E-state index in [9.17, 15) is 0 Å². The van der Waals surface area contributed by atoms with Crippen LogP contribution >= 0.6 is 0 Å². The molecule has 1 aliphatic rings. The van der Waals surface area contributed by atoms with Crippen LogP contribution in [-0.2, 0) is 0 Å². The van der Waals surface area contributed by atoms with E-state index in [-0.39, 0.29) is 0 Å². The molecule has 0 aromatic heterocycles. The molecule has 0 unspecified atom stereocenters. The summed E-state index contributed by atoms with van der Waals surface area (Å²) in [5, 5.41) is 0. The van der Waals surface area contributed by atoms with Gasteiger partial charge in [-0.15, -0.1) is 0 Å². The summed E-state index contributed by atoms with van der Waals surface area (Å²) in [6.07, 6.45) is 6.86. The van der Waals surface area contributed by atoms with Gasteiger partial charge in [0, 0.05) is 26.2 Å². The number of unbranched alkanes of at least 4 members (excludes halogenated alkanes) is 4. The number of nitrogens with zero attached hydrogens (tertiary/aromatic N) is 2. The topological polar surface area (TPSA) is 32.5 Å². The minimum absolute atomic E-state index is 0.903. The van der Waals surface area contributed by atoms with Gasteiger partial charge >= 0.3 is 0 Å². The second-order valence-electron chi connectivity index (χ2n) is 5.80. The Morgan fingerprint density at radius 3 is 2.35 bits per heavy atom. The molecule has 20 heavy (non-hydrogen) atoms. The third-order valence-electron chi connectivity index (χ3n) is 4.23. The molecule has 0 spiro atoms. The van der Waals surface area contributed by atoms with Crippen molar-refractivity contribution in [3.8, 4) is 0 Å². The zero-order chi connectivity index (χ0) is 14.2. The molecule has 0 radical (unpaired) electrons. The van der Waals surface area contributed by atoms with Gasteiger partial charge in [0.15, 0.2) is 0 Å². The highest BCUT2D eigenvalue weighted by atomic mass is 15.3. The molecule has 112 valence electrons. The second-order valence-corrected chi connectivity index (χ2v) is 5.80. The van der Waals surface area contributed by atoms with E-state index in [2.05, 4.69) is 28.9 Å². The first-order valence-corrected chi connectivity index (χ1v) is 8.13. The van der Waals surface area contributed by atoms with Gasteiger partial charge in [0.1, 0.15) is 0 Å². The van der Waals surface area contributed by atoms with Crippen LogP contribution in [0, 0.1) is 0 Å². The zero-order valence-corrected chi connectivity index (χ0v) is 12.9. The lowest BCUT2D eigenvalue weighted by molar-refractivity contribution is 0.252. The molecule has 1 saturated heterocycles. The third kappa shape index (κ3) is 4.41. The van der Waals surface area contributed by atoms with Gasteiger partial charge in [0.05, 0.1) is 11.4 Å². The number of hydrogen-bond donors (Lipinski definition) is 1. The fraction of sp³-hybridized carbons (Fsp3) is 0.647. The molecule has 0 aliphatic carbocycles. The molecule has 3 heteroatoms. The van der Waals surface area contributed by atoms with Gasteiger partial charge in [-0.25, -0.2) is 0 Å². The third-order valence-corrected chi connectivity index (χ3v) is 4.23. The number of rotatable bonds is 7. The van der Waals surface area contributed by atoms with Crippen LogP contribution in [0.15, 0.2) is 24.3 Å². The van der Waals surface area contributed by atoms with Gasteiger partial charge in [0.25, 0.3) is 0 Å². The average Bonchev–Trinajstić information content (AvgIpc) is 2.48. The molecule has 1 aromatic carbocycles. The summed E-state index contributed by atoms with van der Waals surface area (Å²) < 4.78 is 0.